The van der Waals surface area contributed by atoms with E-state index in [9.17, 15) is 51.9 Å². The molecule has 7 saturated heterocycles. The highest BCUT2D eigenvalue weighted by Gasteiger charge is 2.48. The fourth-order valence-electron chi connectivity index (χ4n) is 17.9. The van der Waals surface area contributed by atoms with Crippen molar-refractivity contribution in [3.8, 4) is 0 Å². The summed E-state index contributed by atoms with van der Waals surface area (Å²) in [5.41, 5.74) is 9.05. The number of para-hydroxylation sites is 5. The van der Waals surface area contributed by atoms with Gasteiger partial charge in [0.1, 0.15) is 28.1 Å². The number of carbonyl (C=O) groups is 9. The Balaban J connectivity index is 0.000000157. The SMILES string of the molecule is CC(C)CCN1C(=O)C(CC(=O)N2CCC(N3Cc4ccccc4NC3=O)CC2)SC1c1cccc(Cl)c1.CCC1SC(CC(=O)N2CCC(N3Cc4ccccc4NC3=O)CC2)C(=O)N1c1c(F)cccc1F.CN1CCN(c2ccccc2C2SC(CC(=O)N3CCC(N4CCc5ccccc5NC4=O)CC3)C(=O)N2CCC(C)(C)C)CC1.[HH]. The number of likely N-dealkylation sites (N-methyl/N-ethyl adjacent to an activating group) is 1. The number of nitrogens with zero attached hydrogens (tertiary/aromatic N) is 11. The molecular formula is C91H115ClF2N14O9S3. The van der Waals surface area contributed by atoms with Crippen LogP contribution in [0.4, 0.5) is 51.6 Å². The zero-order chi connectivity index (χ0) is 84.6. The van der Waals surface area contributed by atoms with Crippen molar-refractivity contribution in [3.05, 3.63) is 184 Å². The highest BCUT2D eigenvalue weighted by Crippen LogP contribution is 2.50. The number of thioether (sulfide) groups is 3. The zero-order valence-electron chi connectivity index (χ0n) is 69.8. The number of amides is 12. The first kappa shape index (κ1) is 87.3. The number of hydrogen-bond acceptors (Lipinski definition) is 14. The largest absolute Gasteiger partial charge is 0.369 e. The first-order valence-electron chi connectivity index (χ1n) is 42.7. The number of nitrogens with one attached hydrogen (secondary N) is 3. The van der Waals surface area contributed by atoms with Crippen LogP contribution in [-0.4, -0.2) is 229 Å². The van der Waals surface area contributed by atoms with Crippen LogP contribution in [0.3, 0.4) is 0 Å². The van der Waals surface area contributed by atoms with Crippen LogP contribution < -0.4 is 25.8 Å². The molecule has 6 aromatic carbocycles. The Bertz CT molecular complexity index is 4710. The van der Waals surface area contributed by atoms with E-state index in [4.69, 9.17) is 11.6 Å². The maximum Gasteiger partial charge on any atom is 0.322 e. The molecule has 10 heterocycles. The Morgan fingerprint density at radius 2 is 0.950 bits per heavy atom. The molecule has 6 atom stereocenters. The number of rotatable bonds is 19. The van der Waals surface area contributed by atoms with E-state index >= 15 is 0 Å². The van der Waals surface area contributed by atoms with Crippen molar-refractivity contribution >= 4 is 129 Å². The average Bonchev–Trinajstić information content (AvgIpc) is 1.60. The highest BCUT2D eigenvalue weighted by molar-refractivity contribution is 8.02. The van der Waals surface area contributed by atoms with Crippen LogP contribution in [-0.2, 0) is 48.3 Å². The molecule has 29 heteroatoms. The normalized spacial score (nSPS) is 22.8. The second-order valence-corrected chi connectivity index (χ2v) is 39.0. The van der Waals surface area contributed by atoms with Gasteiger partial charge in [0.2, 0.25) is 35.4 Å². The fourth-order valence-corrected chi connectivity index (χ4v) is 22.4. The molecule has 0 spiro atoms. The van der Waals surface area contributed by atoms with E-state index in [0.717, 1.165) is 123 Å². The molecule has 642 valence electrons. The molecule has 10 aliphatic rings. The van der Waals surface area contributed by atoms with Gasteiger partial charge in [-0.05, 0) is 153 Å². The Morgan fingerprint density at radius 3 is 1.45 bits per heavy atom. The number of anilines is 5. The summed E-state index contributed by atoms with van der Waals surface area (Å²) in [5.74, 6) is -1.53. The molecule has 0 saturated carbocycles. The molecule has 0 radical (unpaired) electrons. The van der Waals surface area contributed by atoms with Gasteiger partial charge >= 0.3 is 18.1 Å². The maximum absolute atomic E-state index is 14.4. The van der Waals surface area contributed by atoms with Gasteiger partial charge in [0.05, 0.1) is 21.1 Å². The third kappa shape index (κ3) is 20.5. The van der Waals surface area contributed by atoms with Crippen LogP contribution in [0.15, 0.2) is 140 Å². The van der Waals surface area contributed by atoms with E-state index in [1.807, 2.05) is 132 Å². The van der Waals surface area contributed by atoms with Gasteiger partial charge in [0.15, 0.2) is 0 Å². The van der Waals surface area contributed by atoms with Gasteiger partial charge in [-0.3, -0.25) is 33.7 Å². The van der Waals surface area contributed by atoms with Crippen molar-refractivity contribution in [1.82, 2.24) is 44.1 Å². The molecule has 12 amide bonds. The molecular weight excluding hydrogens is 1600 g/mol. The van der Waals surface area contributed by atoms with Crippen LogP contribution >= 0.6 is 46.9 Å². The lowest BCUT2D eigenvalue weighted by Crippen LogP contribution is -2.51. The second-order valence-electron chi connectivity index (χ2n) is 34.6. The quantitative estimate of drug-likeness (QED) is 0.0686. The molecule has 10 aliphatic heterocycles. The smallest absolute Gasteiger partial charge is 0.322 e. The third-order valence-corrected chi connectivity index (χ3v) is 29.6. The molecule has 0 bridgehead atoms. The van der Waals surface area contributed by atoms with Crippen molar-refractivity contribution in [2.45, 2.75) is 188 Å². The van der Waals surface area contributed by atoms with Crippen LogP contribution in [0.5, 0.6) is 0 Å². The van der Waals surface area contributed by atoms with E-state index in [1.165, 1.54) is 34.0 Å². The van der Waals surface area contributed by atoms with Crippen LogP contribution in [0.25, 0.3) is 0 Å². The zero-order valence-corrected chi connectivity index (χ0v) is 73.0. The Kier molecular flexibility index (Phi) is 28.3. The Hall–Kier alpha value is -9.09. The van der Waals surface area contributed by atoms with Crippen molar-refractivity contribution in [2.24, 2.45) is 11.3 Å². The number of hydrogen-bond donors (Lipinski definition) is 3. The van der Waals surface area contributed by atoms with Gasteiger partial charge in [0.25, 0.3) is 0 Å². The topological polar surface area (TPSA) is 225 Å². The van der Waals surface area contributed by atoms with Crippen LogP contribution in [0, 0.1) is 23.0 Å². The number of piperidine rings is 3. The summed E-state index contributed by atoms with van der Waals surface area (Å²) in [5, 5.41) is 7.48. The minimum absolute atomic E-state index is 0. The van der Waals surface area contributed by atoms with Gasteiger partial charge in [-0.15, -0.1) is 35.3 Å². The van der Waals surface area contributed by atoms with Crippen molar-refractivity contribution in [2.75, 3.05) is 118 Å². The summed E-state index contributed by atoms with van der Waals surface area (Å²) in [4.78, 5) is 140. The van der Waals surface area contributed by atoms with Crippen LogP contribution in [0.2, 0.25) is 5.02 Å². The Labute approximate surface area is 723 Å². The molecule has 16 rings (SSSR count). The summed E-state index contributed by atoms with van der Waals surface area (Å²) < 4.78 is 28.8. The minimum atomic E-state index is -0.791. The van der Waals surface area contributed by atoms with Crippen molar-refractivity contribution in [1.29, 1.82) is 0 Å². The summed E-state index contributed by atoms with van der Waals surface area (Å²) in [6.45, 7) is 23.3. The predicted molar refractivity (Wildman–Crippen MR) is 475 cm³/mol. The third-order valence-electron chi connectivity index (χ3n) is 24.9. The number of carbonyl (C=O) groups excluding carboxylic acids is 9. The molecule has 6 aromatic rings. The molecule has 0 aliphatic carbocycles. The summed E-state index contributed by atoms with van der Waals surface area (Å²) in [6, 6.07) is 43.3. The number of fused-ring (bicyclic) bond motifs is 3. The van der Waals surface area contributed by atoms with Gasteiger partial charge in [-0.1, -0.05) is 144 Å². The lowest BCUT2D eigenvalue weighted by molar-refractivity contribution is -0.137. The number of piperazine rings is 1. The van der Waals surface area contributed by atoms with Gasteiger partial charge < -0.3 is 64.9 Å². The Morgan fingerprint density at radius 1 is 0.508 bits per heavy atom. The fraction of sp³-hybridized carbons (Fsp3) is 0.505. The molecule has 6 unspecified atom stereocenters. The summed E-state index contributed by atoms with van der Waals surface area (Å²) >= 11 is 10.8. The van der Waals surface area contributed by atoms with Gasteiger partial charge in [-0.25, -0.2) is 23.2 Å². The lowest BCUT2D eigenvalue weighted by Gasteiger charge is -2.40. The van der Waals surface area contributed by atoms with Crippen molar-refractivity contribution in [3.63, 3.8) is 0 Å². The highest BCUT2D eigenvalue weighted by atomic mass is 35.5. The van der Waals surface area contributed by atoms with Crippen LogP contribution in [0.1, 0.15) is 159 Å². The molecule has 3 N–H and O–H groups in total. The standard InChI is InChI=1S/C36H50N6O3S.C29H35ClN4O3S.C26H28F2N4O3S.H2/c1-36(2,3)16-20-42-33(44)31(46-34(42)28-10-6-8-12-30(28)39-23-21-38(4)22-24-39)25-32(43)40-17-14-27(15-18-40)41-19-13-26-9-5-7-11-29(26)37-35(41)45;1-19(2)10-15-33-27(36)25(38-28(33)20-7-5-8-22(30)16-20)17-26(35)32-13-11-23(12-14-32)34-18-21-6-3-4-9-24(21)31-29(34)37;1-2-23-32(24-18(27)7-5-8-19(24)28)25(34)21(36-23)14-22(33)30-12-10-17(11-13-30)31-15-16-6-3-4-9-20(16)29-26(31)35;/h5-12,27,31,34H,13-25H2,1-4H3,(H,37,45);3-9,16,19,23,25,28H,10-15,17-18H2,1-2H3,(H,31,37);3-9,17,21,23H,2,10-15H2,1H3,(H,29,35);1H. The first-order valence-corrected chi connectivity index (χ1v) is 45.9. The predicted octanol–water partition coefficient (Wildman–Crippen LogP) is 15.9. The number of halogens is 3. The summed E-state index contributed by atoms with van der Waals surface area (Å²) in [6.07, 6.45) is 7.79. The van der Waals surface area contributed by atoms with Gasteiger partial charge in [0, 0.05) is 170 Å². The van der Waals surface area contributed by atoms with E-state index in [2.05, 4.69) is 97.7 Å². The van der Waals surface area contributed by atoms with E-state index in [0.29, 0.717) is 102 Å². The first-order chi connectivity index (χ1) is 57.7. The average molecular weight is 1720 g/mol. The van der Waals surface area contributed by atoms with E-state index in [1.54, 1.807) is 28.4 Å². The van der Waals surface area contributed by atoms with Gasteiger partial charge in [-0.2, -0.15) is 0 Å². The maximum atomic E-state index is 14.4. The number of urea groups is 3. The second kappa shape index (κ2) is 39.0. The summed E-state index contributed by atoms with van der Waals surface area (Å²) in [7, 11) is 2.16. The molecule has 7 fully saturated rings. The molecule has 0 aromatic heterocycles. The minimum Gasteiger partial charge on any atom is -0.369 e. The monoisotopic (exact) mass is 1720 g/mol. The lowest BCUT2D eigenvalue weighted by atomic mass is 9.92. The number of benzene rings is 6. The van der Waals surface area contributed by atoms with E-state index in [-0.39, 0.29) is 108 Å². The number of likely N-dealkylation sites (tertiary alicyclic amines) is 3. The molecule has 120 heavy (non-hydrogen) atoms. The molecule has 23 nitrogen and oxygen atoms in total. The van der Waals surface area contributed by atoms with E-state index < -0.39 is 38.7 Å². The van der Waals surface area contributed by atoms with Crippen molar-refractivity contribution < 1.29 is 53.4 Å².